The van der Waals surface area contributed by atoms with E-state index in [1.54, 1.807) is 12.1 Å². The van der Waals surface area contributed by atoms with Gasteiger partial charge in [0, 0.05) is 17.0 Å². The molecule has 2 rings (SSSR count). The SMILES string of the molecule is CSc1ccccc1C(=O)NCC(O)c1ccoc1. The van der Waals surface area contributed by atoms with Gasteiger partial charge < -0.3 is 14.8 Å². The van der Waals surface area contributed by atoms with Crippen LogP contribution in [0, 0.1) is 0 Å². The number of carbonyl (C=O) groups is 1. The zero-order valence-electron chi connectivity index (χ0n) is 10.5. The molecule has 1 atom stereocenters. The first-order valence-electron chi connectivity index (χ1n) is 5.83. The van der Waals surface area contributed by atoms with Crippen LogP contribution in [0.4, 0.5) is 0 Å². The van der Waals surface area contributed by atoms with Gasteiger partial charge in [0.2, 0.25) is 0 Å². The molecule has 0 saturated heterocycles. The standard InChI is InChI=1S/C14H15NO3S/c1-19-13-5-3-2-4-11(13)14(17)15-8-12(16)10-6-7-18-9-10/h2-7,9,12,16H,8H2,1H3,(H,15,17). The third kappa shape index (κ3) is 3.39. The smallest absolute Gasteiger partial charge is 0.252 e. The summed E-state index contributed by atoms with van der Waals surface area (Å²) >= 11 is 1.52. The molecule has 0 bridgehead atoms. The first-order chi connectivity index (χ1) is 9.22. The van der Waals surface area contributed by atoms with E-state index >= 15 is 0 Å². The molecule has 0 spiro atoms. The first-order valence-corrected chi connectivity index (χ1v) is 7.06. The maximum atomic E-state index is 12.0. The summed E-state index contributed by atoms with van der Waals surface area (Å²) < 4.78 is 4.89. The average Bonchev–Trinajstić information content (AvgIpc) is 2.98. The Morgan fingerprint density at radius 2 is 2.21 bits per heavy atom. The second-order valence-electron chi connectivity index (χ2n) is 3.98. The number of aliphatic hydroxyl groups is 1. The molecule has 1 aromatic carbocycles. The molecular weight excluding hydrogens is 262 g/mol. The second kappa shape index (κ2) is 6.45. The van der Waals surface area contributed by atoms with Crippen molar-refractivity contribution in [2.45, 2.75) is 11.0 Å². The Bertz CT molecular complexity index is 539. The Hall–Kier alpha value is -1.72. The number of rotatable bonds is 5. The van der Waals surface area contributed by atoms with E-state index in [9.17, 15) is 9.90 Å². The lowest BCUT2D eigenvalue weighted by atomic mass is 10.2. The van der Waals surface area contributed by atoms with Crippen molar-refractivity contribution in [2.75, 3.05) is 12.8 Å². The van der Waals surface area contributed by atoms with Crippen LogP contribution in [-0.2, 0) is 0 Å². The zero-order valence-corrected chi connectivity index (χ0v) is 11.3. The largest absolute Gasteiger partial charge is 0.472 e. The molecule has 1 unspecified atom stereocenters. The predicted molar refractivity (Wildman–Crippen MR) is 74.2 cm³/mol. The fraction of sp³-hybridized carbons (Fsp3) is 0.214. The first kappa shape index (κ1) is 13.7. The summed E-state index contributed by atoms with van der Waals surface area (Å²) in [7, 11) is 0. The number of furan rings is 1. The van der Waals surface area contributed by atoms with Crippen LogP contribution >= 0.6 is 11.8 Å². The van der Waals surface area contributed by atoms with Gasteiger partial charge in [0.15, 0.2) is 0 Å². The van der Waals surface area contributed by atoms with E-state index in [-0.39, 0.29) is 12.5 Å². The van der Waals surface area contributed by atoms with Gasteiger partial charge >= 0.3 is 0 Å². The summed E-state index contributed by atoms with van der Waals surface area (Å²) in [5.41, 5.74) is 1.27. The van der Waals surface area contributed by atoms with Gasteiger partial charge in [-0.2, -0.15) is 0 Å². The highest BCUT2D eigenvalue weighted by Crippen LogP contribution is 2.20. The van der Waals surface area contributed by atoms with Gasteiger partial charge in [0.25, 0.3) is 5.91 Å². The van der Waals surface area contributed by atoms with Crippen LogP contribution in [-0.4, -0.2) is 23.8 Å². The molecule has 0 saturated carbocycles. The summed E-state index contributed by atoms with van der Waals surface area (Å²) in [6.07, 6.45) is 4.12. The topological polar surface area (TPSA) is 62.5 Å². The van der Waals surface area contributed by atoms with E-state index in [4.69, 9.17) is 4.42 Å². The monoisotopic (exact) mass is 277 g/mol. The molecule has 0 fully saturated rings. The molecular formula is C14H15NO3S. The molecule has 4 nitrogen and oxygen atoms in total. The molecule has 0 aliphatic heterocycles. The zero-order chi connectivity index (χ0) is 13.7. The second-order valence-corrected chi connectivity index (χ2v) is 4.83. The van der Waals surface area contributed by atoms with Crippen LogP contribution in [0.1, 0.15) is 22.0 Å². The highest BCUT2D eigenvalue weighted by molar-refractivity contribution is 7.98. The van der Waals surface area contributed by atoms with Crippen LogP contribution in [0.3, 0.4) is 0 Å². The van der Waals surface area contributed by atoms with E-state index in [0.717, 1.165) is 4.90 Å². The summed E-state index contributed by atoms with van der Waals surface area (Å²) in [6.45, 7) is 0.154. The van der Waals surface area contributed by atoms with Crippen LogP contribution < -0.4 is 5.32 Å². The molecule has 1 amide bonds. The van der Waals surface area contributed by atoms with Gasteiger partial charge in [-0.25, -0.2) is 0 Å². The maximum Gasteiger partial charge on any atom is 0.252 e. The van der Waals surface area contributed by atoms with Crippen molar-refractivity contribution in [1.82, 2.24) is 5.32 Å². The Kier molecular flexibility index (Phi) is 4.65. The molecule has 0 radical (unpaired) electrons. The Morgan fingerprint density at radius 1 is 1.42 bits per heavy atom. The van der Waals surface area contributed by atoms with E-state index in [2.05, 4.69) is 5.32 Å². The van der Waals surface area contributed by atoms with Crippen molar-refractivity contribution in [3.63, 3.8) is 0 Å². The summed E-state index contributed by atoms with van der Waals surface area (Å²) in [4.78, 5) is 13.0. The lowest BCUT2D eigenvalue weighted by Gasteiger charge is -2.11. The maximum absolute atomic E-state index is 12.0. The van der Waals surface area contributed by atoms with E-state index in [0.29, 0.717) is 11.1 Å². The molecule has 1 aromatic heterocycles. The van der Waals surface area contributed by atoms with Crippen LogP contribution in [0.2, 0.25) is 0 Å². The van der Waals surface area contributed by atoms with Crippen molar-refractivity contribution in [3.05, 3.63) is 54.0 Å². The van der Waals surface area contributed by atoms with E-state index < -0.39 is 6.10 Å². The van der Waals surface area contributed by atoms with Gasteiger partial charge in [-0.1, -0.05) is 12.1 Å². The number of hydrogen-bond acceptors (Lipinski definition) is 4. The van der Waals surface area contributed by atoms with Gasteiger partial charge in [0.05, 0.1) is 24.2 Å². The Balaban J connectivity index is 1.98. The fourth-order valence-corrected chi connectivity index (χ4v) is 2.29. The third-order valence-electron chi connectivity index (χ3n) is 2.74. The summed E-state index contributed by atoms with van der Waals surface area (Å²) in [5, 5.41) is 12.6. The van der Waals surface area contributed by atoms with Crippen LogP contribution in [0.15, 0.2) is 52.2 Å². The highest BCUT2D eigenvalue weighted by atomic mass is 32.2. The molecule has 2 N–H and O–H groups in total. The van der Waals surface area contributed by atoms with Gasteiger partial charge in [-0.05, 0) is 24.5 Å². The van der Waals surface area contributed by atoms with Gasteiger partial charge in [-0.3, -0.25) is 4.79 Å². The predicted octanol–water partition coefficient (Wildman–Crippen LogP) is 2.46. The molecule has 0 aliphatic rings. The number of benzene rings is 1. The number of thioether (sulfide) groups is 1. The van der Waals surface area contributed by atoms with Crippen molar-refractivity contribution in [2.24, 2.45) is 0 Å². The molecule has 5 heteroatoms. The lowest BCUT2D eigenvalue weighted by molar-refractivity contribution is 0.0913. The Morgan fingerprint density at radius 3 is 2.89 bits per heavy atom. The van der Waals surface area contributed by atoms with E-state index in [1.807, 2.05) is 24.5 Å². The van der Waals surface area contributed by atoms with Gasteiger partial charge in [0.1, 0.15) is 0 Å². The van der Waals surface area contributed by atoms with E-state index in [1.165, 1.54) is 24.3 Å². The normalized spacial score (nSPS) is 12.1. The fourth-order valence-electron chi connectivity index (χ4n) is 1.70. The van der Waals surface area contributed by atoms with Crippen molar-refractivity contribution in [1.29, 1.82) is 0 Å². The number of hydrogen-bond donors (Lipinski definition) is 2. The summed E-state index contributed by atoms with van der Waals surface area (Å²) in [5.74, 6) is -0.188. The van der Waals surface area contributed by atoms with Crippen molar-refractivity contribution >= 4 is 17.7 Å². The van der Waals surface area contributed by atoms with Crippen LogP contribution in [0.25, 0.3) is 0 Å². The minimum absolute atomic E-state index is 0.154. The Labute approximate surface area is 115 Å². The van der Waals surface area contributed by atoms with Crippen LogP contribution in [0.5, 0.6) is 0 Å². The van der Waals surface area contributed by atoms with Crippen molar-refractivity contribution < 1.29 is 14.3 Å². The molecule has 19 heavy (non-hydrogen) atoms. The number of nitrogens with one attached hydrogen (secondary N) is 1. The lowest BCUT2D eigenvalue weighted by Crippen LogP contribution is -2.28. The minimum atomic E-state index is -0.760. The molecule has 0 aliphatic carbocycles. The number of aliphatic hydroxyl groups excluding tert-OH is 1. The summed E-state index contributed by atoms with van der Waals surface area (Å²) in [6, 6.07) is 9.05. The third-order valence-corrected chi connectivity index (χ3v) is 3.53. The van der Waals surface area contributed by atoms with Gasteiger partial charge in [-0.15, -0.1) is 11.8 Å². The van der Waals surface area contributed by atoms with Crippen molar-refractivity contribution in [3.8, 4) is 0 Å². The highest BCUT2D eigenvalue weighted by Gasteiger charge is 2.13. The molecule has 100 valence electrons. The minimum Gasteiger partial charge on any atom is -0.472 e. The molecule has 2 aromatic rings. The quantitative estimate of drug-likeness (QED) is 0.824. The molecule has 1 heterocycles. The number of carbonyl (C=O) groups excluding carboxylic acids is 1. The number of amides is 1. The average molecular weight is 277 g/mol.